The van der Waals surface area contributed by atoms with Gasteiger partial charge in [0.15, 0.2) is 0 Å². The zero-order chi connectivity index (χ0) is 18.2. The van der Waals surface area contributed by atoms with E-state index in [0.29, 0.717) is 12.1 Å². The van der Waals surface area contributed by atoms with E-state index in [1.54, 1.807) is 0 Å². The number of nitrogens with two attached hydrogens (primary N) is 1. The fraction of sp³-hybridized carbons (Fsp3) is 0.500. The van der Waals surface area contributed by atoms with Gasteiger partial charge in [0.2, 0.25) is 0 Å². The van der Waals surface area contributed by atoms with Crippen LogP contribution in [0.4, 0.5) is 26.3 Å². The van der Waals surface area contributed by atoms with E-state index >= 15 is 0 Å². The first kappa shape index (κ1) is 19.3. The van der Waals surface area contributed by atoms with Crippen LogP contribution in [0.2, 0.25) is 0 Å². The van der Waals surface area contributed by atoms with Crippen LogP contribution in [0.3, 0.4) is 0 Å². The van der Waals surface area contributed by atoms with Crippen LogP contribution in [0, 0.1) is 5.41 Å². The molecule has 0 aliphatic heterocycles. The number of ether oxygens (including phenoxy) is 1. The lowest BCUT2D eigenvalue weighted by Crippen LogP contribution is -2.38. The molecule has 0 saturated carbocycles. The van der Waals surface area contributed by atoms with E-state index in [-0.39, 0.29) is 6.07 Å². The fourth-order valence-corrected chi connectivity index (χ4v) is 2.03. The summed E-state index contributed by atoms with van der Waals surface area (Å²) in [4.78, 5) is 11.7. The number of benzene rings is 1. The molecule has 0 heterocycles. The Morgan fingerprint density at radius 2 is 1.61 bits per heavy atom. The van der Waals surface area contributed by atoms with Gasteiger partial charge in [0, 0.05) is 6.04 Å². The highest BCUT2D eigenvalue weighted by molar-refractivity contribution is 5.77. The Labute approximate surface area is 128 Å². The predicted molar refractivity (Wildman–Crippen MR) is 69.2 cm³/mol. The van der Waals surface area contributed by atoms with E-state index in [1.165, 1.54) is 13.8 Å². The van der Waals surface area contributed by atoms with Gasteiger partial charge in [-0.3, -0.25) is 4.79 Å². The maximum Gasteiger partial charge on any atom is 0.416 e. The van der Waals surface area contributed by atoms with E-state index in [1.807, 2.05) is 0 Å². The summed E-state index contributed by atoms with van der Waals surface area (Å²) in [6.07, 6.45) is -9.99. The van der Waals surface area contributed by atoms with Gasteiger partial charge < -0.3 is 10.5 Å². The van der Waals surface area contributed by atoms with Crippen molar-refractivity contribution in [2.45, 2.75) is 32.2 Å². The van der Waals surface area contributed by atoms with Gasteiger partial charge in [-0.1, -0.05) is 6.07 Å². The molecule has 0 aliphatic carbocycles. The van der Waals surface area contributed by atoms with Crippen molar-refractivity contribution in [3.63, 3.8) is 0 Å². The van der Waals surface area contributed by atoms with E-state index in [0.717, 1.165) is 7.11 Å². The highest BCUT2D eigenvalue weighted by Gasteiger charge is 2.43. The van der Waals surface area contributed by atoms with Crippen LogP contribution in [-0.2, 0) is 21.9 Å². The van der Waals surface area contributed by atoms with Gasteiger partial charge in [0.25, 0.3) is 0 Å². The fourth-order valence-electron chi connectivity index (χ4n) is 2.03. The second-order valence-corrected chi connectivity index (χ2v) is 5.49. The number of carbonyl (C=O) groups is 1. The minimum Gasteiger partial charge on any atom is -0.469 e. The molecular formula is C14H15F6NO2. The van der Waals surface area contributed by atoms with Gasteiger partial charge in [-0.05, 0) is 31.5 Å². The average molecular weight is 343 g/mol. The molecule has 1 aromatic rings. The number of hydrogen-bond acceptors (Lipinski definition) is 3. The SMILES string of the molecule is COC(=O)C(C)(C)[C@H](N)c1ccc(C(F)(F)F)cc1C(F)(F)F. The lowest BCUT2D eigenvalue weighted by atomic mass is 9.79. The molecule has 0 fully saturated rings. The van der Waals surface area contributed by atoms with Crippen molar-refractivity contribution in [3.05, 3.63) is 34.9 Å². The Hall–Kier alpha value is -1.77. The number of esters is 1. The van der Waals surface area contributed by atoms with Crippen molar-refractivity contribution < 1.29 is 35.9 Å². The number of hydrogen-bond donors (Lipinski definition) is 1. The van der Waals surface area contributed by atoms with Gasteiger partial charge in [0.05, 0.1) is 23.7 Å². The van der Waals surface area contributed by atoms with E-state index in [2.05, 4.69) is 4.74 Å². The lowest BCUT2D eigenvalue weighted by molar-refractivity contribution is -0.153. The zero-order valence-corrected chi connectivity index (χ0v) is 12.5. The topological polar surface area (TPSA) is 52.3 Å². The van der Waals surface area contributed by atoms with Gasteiger partial charge >= 0.3 is 18.3 Å². The van der Waals surface area contributed by atoms with Gasteiger partial charge in [-0.15, -0.1) is 0 Å². The first-order valence-corrected chi connectivity index (χ1v) is 6.35. The first-order chi connectivity index (χ1) is 10.2. The predicted octanol–water partition coefficient (Wildman–Crippen LogP) is 3.92. The normalized spacial score (nSPS) is 14.5. The molecule has 23 heavy (non-hydrogen) atoms. The van der Waals surface area contributed by atoms with Crippen LogP contribution in [0.5, 0.6) is 0 Å². The Morgan fingerprint density at radius 1 is 1.09 bits per heavy atom. The van der Waals surface area contributed by atoms with E-state index in [9.17, 15) is 31.1 Å². The first-order valence-electron chi connectivity index (χ1n) is 6.35. The molecular weight excluding hydrogens is 328 g/mol. The molecule has 0 aliphatic rings. The summed E-state index contributed by atoms with van der Waals surface area (Å²) in [5, 5.41) is 0. The molecule has 0 spiro atoms. The average Bonchev–Trinajstić information content (AvgIpc) is 2.42. The van der Waals surface area contributed by atoms with Crippen LogP contribution in [-0.4, -0.2) is 13.1 Å². The van der Waals surface area contributed by atoms with Crippen LogP contribution in [0.1, 0.15) is 36.6 Å². The summed E-state index contributed by atoms with van der Waals surface area (Å²) in [6.45, 7) is 2.50. The molecule has 3 nitrogen and oxygen atoms in total. The van der Waals surface area contributed by atoms with Crippen LogP contribution in [0.15, 0.2) is 18.2 Å². The summed E-state index contributed by atoms with van der Waals surface area (Å²) in [5.41, 5.74) is 0.574. The molecule has 9 heteroatoms. The second-order valence-electron chi connectivity index (χ2n) is 5.49. The van der Waals surface area contributed by atoms with Crippen molar-refractivity contribution in [3.8, 4) is 0 Å². The van der Waals surface area contributed by atoms with Crippen molar-refractivity contribution in [1.82, 2.24) is 0 Å². The van der Waals surface area contributed by atoms with Crippen molar-refractivity contribution >= 4 is 5.97 Å². The number of methoxy groups -OCH3 is 1. The minimum atomic E-state index is -5.06. The van der Waals surface area contributed by atoms with E-state index < -0.39 is 46.5 Å². The molecule has 130 valence electrons. The number of alkyl halides is 6. The molecule has 0 saturated heterocycles. The third-order valence-electron chi connectivity index (χ3n) is 3.51. The molecule has 1 aromatic carbocycles. The molecule has 0 aromatic heterocycles. The second kappa shape index (κ2) is 6.03. The summed E-state index contributed by atoms with van der Waals surface area (Å²) < 4.78 is 81.7. The van der Waals surface area contributed by atoms with Crippen LogP contribution < -0.4 is 5.73 Å². The van der Waals surface area contributed by atoms with Gasteiger partial charge in [-0.25, -0.2) is 0 Å². The summed E-state index contributed by atoms with van der Waals surface area (Å²) in [5.74, 6) is -0.877. The number of halogens is 6. The van der Waals surface area contributed by atoms with Crippen LogP contribution in [0.25, 0.3) is 0 Å². The van der Waals surface area contributed by atoms with Crippen molar-refractivity contribution in [2.24, 2.45) is 11.1 Å². The Morgan fingerprint density at radius 3 is 2.00 bits per heavy atom. The maximum atomic E-state index is 13.1. The molecule has 1 rings (SSSR count). The Balaban J connectivity index is 3.50. The Kier molecular flexibility index (Phi) is 5.05. The zero-order valence-electron chi connectivity index (χ0n) is 12.5. The highest BCUT2D eigenvalue weighted by Crippen LogP contribution is 2.42. The quantitative estimate of drug-likeness (QED) is 0.668. The van der Waals surface area contributed by atoms with Crippen molar-refractivity contribution in [1.29, 1.82) is 0 Å². The standard InChI is InChI=1S/C14H15F6NO2/c1-12(2,11(22)23-3)10(21)8-5-4-7(13(15,16)17)6-9(8)14(18,19)20/h4-6,10H,21H2,1-3H3/t10-/m1/s1. The lowest BCUT2D eigenvalue weighted by Gasteiger charge is -2.31. The van der Waals surface area contributed by atoms with Crippen LogP contribution >= 0.6 is 0 Å². The monoisotopic (exact) mass is 343 g/mol. The molecule has 0 radical (unpaired) electrons. The molecule has 0 unspecified atom stereocenters. The smallest absolute Gasteiger partial charge is 0.416 e. The van der Waals surface area contributed by atoms with E-state index in [4.69, 9.17) is 5.73 Å². The van der Waals surface area contributed by atoms with Crippen molar-refractivity contribution in [2.75, 3.05) is 7.11 Å². The molecule has 0 bridgehead atoms. The van der Waals surface area contributed by atoms with Gasteiger partial charge in [-0.2, -0.15) is 26.3 Å². The molecule has 2 N–H and O–H groups in total. The summed E-state index contributed by atoms with van der Waals surface area (Å²) >= 11 is 0. The Bertz CT molecular complexity index is 592. The summed E-state index contributed by atoms with van der Waals surface area (Å²) in [6, 6.07) is -0.379. The molecule has 0 amide bonds. The third kappa shape index (κ3) is 3.95. The number of rotatable bonds is 3. The third-order valence-corrected chi connectivity index (χ3v) is 3.51. The highest BCUT2D eigenvalue weighted by atomic mass is 19.4. The summed E-state index contributed by atoms with van der Waals surface area (Å²) in [7, 11) is 1.04. The maximum absolute atomic E-state index is 13.1. The van der Waals surface area contributed by atoms with Gasteiger partial charge in [0.1, 0.15) is 0 Å². The largest absolute Gasteiger partial charge is 0.469 e. The molecule has 1 atom stereocenters. The number of carbonyl (C=O) groups excluding carboxylic acids is 1. The minimum absolute atomic E-state index is 0.0114.